The number of para-hydroxylation sites is 1. The average Bonchev–Trinajstić information content (AvgIpc) is 3.12. The van der Waals surface area contributed by atoms with Gasteiger partial charge in [0.1, 0.15) is 5.75 Å². The maximum absolute atomic E-state index is 13.6. The van der Waals surface area contributed by atoms with E-state index in [1.807, 2.05) is 10.9 Å². The first kappa shape index (κ1) is 19.9. The molecule has 0 radical (unpaired) electrons. The first-order valence-corrected chi connectivity index (χ1v) is 8.29. The van der Waals surface area contributed by atoms with Gasteiger partial charge in [0.05, 0.1) is 23.0 Å². The van der Waals surface area contributed by atoms with Crippen LogP contribution in [0.3, 0.4) is 0 Å². The third kappa shape index (κ3) is 4.21. The van der Waals surface area contributed by atoms with Gasteiger partial charge in [0.2, 0.25) is 0 Å². The highest BCUT2D eigenvalue weighted by molar-refractivity contribution is 6.00. The number of nitrogens with one attached hydrogen (secondary N) is 2. The lowest BCUT2D eigenvalue weighted by Crippen LogP contribution is -2.42. The second-order valence-corrected chi connectivity index (χ2v) is 6.08. The number of aromatic nitrogens is 2. The predicted molar refractivity (Wildman–Crippen MR) is 96.3 cm³/mol. The van der Waals surface area contributed by atoms with Crippen molar-refractivity contribution in [3.63, 3.8) is 0 Å². The second-order valence-electron chi connectivity index (χ2n) is 6.08. The fourth-order valence-corrected chi connectivity index (χ4v) is 2.58. The number of carbonyl (C=O) groups excluding carboxylic acids is 2. The van der Waals surface area contributed by atoms with E-state index in [-0.39, 0.29) is 17.0 Å². The van der Waals surface area contributed by atoms with E-state index < -0.39 is 29.2 Å². The van der Waals surface area contributed by atoms with E-state index in [0.717, 1.165) is 11.8 Å². The topological polar surface area (TPSA) is 96.3 Å². The molecule has 0 aliphatic carbocycles. The Morgan fingerprint density at radius 2 is 1.55 bits per heavy atom. The Balaban J connectivity index is 1.86. The molecule has 2 aromatic carbocycles. The number of aryl methyl sites for hydroxylation is 1. The minimum Gasteiger partial charge on any atom is -0.507 e. The van der Waals surface area contributed by atoms with Crippen LogP contribution in [-0.4, -0.2) is 26.7 Å². The largest absolute Gasteiger partial charge is 0.507 e. The lowest BCUT2D eigenvalue weighted by molar-refractivity contribution is -0.143. The monoisotopic (exact) mass is 404 g/mol. The molecule has 29 heavy (non-hydrogen) atoms. The van der Waals surface area contributed by atoms with Crippen LogP contribution in [0, 0.1) is 6.92 Å². The smallest absolute Gasteiger partial charge is 0.434 e. The average molecular weight is 404 g/mol. The molecular formula is C19H15F3N4O3. The van der Waals surface area contributed by atoms with Gasteiger partial charge in [-0.25, -0.2) is 4.68 Å². The molecule has 1 heterocycles. The number of phenolic OH excluding ortho intramolecular Hbond substituents is 1. The van der Waals surface area contributed by atoms with Gasteiger partial charge in [-0.1, -0.05) is 29.8 Å². The fraction of sp³-hybridized carbons (Fsp3) is 0.105. The van der Waals surface area contributed by atoms with E-state index >= 15 is 0 Å². The van der Waals surface area contributed by atoms with Crippen molar-refractivity contribution in [2.24, 2.45) is 0 Å². The summed E-state index contributed by atoms with van der Waals surface area (Å²) < 4.78 is 41.5. The molecule has 0 unspecified atom stereocenters. The summed E-state index contributed by atoms with van der Waals surface area (Å²) in [4.78, 5) is 24.3. The van der Waals surface area contributed by atoms with Gasteiger partial charge in [0.25, 0.3) is 11.8 Å². The van der Waals surface area contributed by atoms with E-state index in [9.17, 15) is 27.9 Å². The quantitative estimate of drug-likeness (QED) is 0.585. The zero-order valence-electron chi connectivity index (χ0n) is 15.0. The fourth-order valence-electron chi connectivity index (χ4n) is 2.58. The zero-order chi connectivity index (χ0) is 21.2. The second kappa shape index (κ2) is 7.66. The van der Waals surface area contributed by atoms with Gasteiger partial charge < -0.3 is 5.11 Å². The van der Waals surface area contributed by atoms with Crippen molar-refractivity contribution >= 4 is 11.8 Å². The number of nitrogens with zero attached hydrogens (tertiary/aromatic N) is 2. The molecule has 0 bridgehead atoms. The number of hydrazine groups is 1. The highest BCUT2D eigenvalue weighted by atomic mass is 19.4. The van der Waals surface area contributed by atoms with Crippen molar-refractivity contribution in [3.05, 3.63) is 77.1 Å². The summed E-state index contributed by atoms with van der Waals surface area (Å²) in [7, 11) is 0. The molecule has 3 N–H and O–H groups in total. The standard InChI is InChI=1S/C19H15F3N4O3/c1-11-6-8-12(9-7-11)26-16(19(20,21)22)14(10-23-26)18(29)25-24-17(28)13-4-2-3-5-15(13)27/h2-10,27H,1H3,(H,24,28)(H,25,29). The van der Waals surface area contributed by atoms with Crippen molar-refractivity contribution in [1.29, 1.82) is 0 Å². The summed E-state index contributed by atoms with van der Waals surface area (Å²) in [5.74, 6) is -2.45. The van der Waals surface area contributed by atoms with Crippen molar-refractivity contribution in [2.75, 3.05) is 0 Å². The Bertz CT molecular complexity index is 1060. The maximum atomic E-state index is 13.6. The lowest BCUT2D eigenvalue weighted by atomic mass is 10.2. The normalized spacial score (nSPS) is 11.2. The minimum atomic E-state index is -4.88. The Hall–Kier alpha value is -3.82. The minimum absolute atomic E-state index is 0.125. The first-order chi connectivity index (χ1) is 13.7. The van der Waals surface area contributed by atoms with Crippen LogP contribution in [0.5, 0.6) is 5.75 Å². The van der Waals surface area contributed by atoms with E-state index in [2.05, 4.69) is 5.10 Å². The number of hydrogen-bond donors (Lipinski definition) is 3. The predicted octanol–water partition coefficient (Wildman–Crippen LogP) is 2.98. The molecule has 7 nitrogen and oxygen atoms in total. The van der Waals surface area contributed by atoms with Gasteiger partial charge in [-0.2, -0.15) is 18.3 Å². The molecule has 0 spiro atoms. The van der Waals surface area contributed by atoms with Gasteiger partial charge in [-0.3, -0.25) is 20.4 Å². The summed E-state index contributed by atoms with van der Waals surface area (Å²) in [5.41, 5.74) is 2.65. The first-order valence-electron chi connectivity index (χ1n) is 8.29. The van der Waals surface area contributed by atoms with Crippen LogP contribution < -0.4 is 10.9 Å². The van der Waals surface area contributed by atoms with Gasteiger partial charge >= 0.3 is 6.18 Å². The molecular weight excluding hydrogens is 389 g/mol. The maximum Gasteiger partial charge on any atom is 0.434 e. The Morgan fingerprint density at radius 3 is 2.14 bits per heavy atom. The van der Waals surface area contributed by atoms with Crippen LogP contribution in [0.2, 0.25) is 0 Å². The number of phenols is 1. The Labute approximate surface area is 162 Å². The number of rotatable bonds is 3. The van der Waals surface area contributed by atoms with Gasteiger partial charge in [0.15, 0.2) is 5.69 Å². The van der Waals surface area contributed by atoms with Gasteiger partial charge in [-0.05, 0) is 31.2 Å². The van der Waals surface area contributed by atoms with E-state index in [4.69, 9.17) is 0 Å². The summed E-state index contributed by atoms with van der Waals surface area (Å²) in [6.07, 6.45) is -4.11. The van der Waals surface area contributed by atoms with E-state index in [0.29, 0.717) is 4.68 Å². The van der Waals surface area contributed by atoms with Crippen LogP contribution in [0.1, 0.15) is 32.0 Å². The summed E-state index contributed by atoms with van der Waals surface area (Å²) in [6, 6.07) is 11.6. The molecule has 0 fully saturated rings. The number of benzene rings is 2. The van der Waals surface area contributed by atoms with Crippen molar-refractivity contribution in [3.8, 4) is 11.4 Å². The summed E-state index contributed by atoms with van der Waals surface area (Å²) in [6.45, 7) is 1.78. The van der Waals surface area contributed by atoms with E-state index in [1.165, 1.54) is 36.4 Å². The molecule has 150 valence electrons. The molecule has 3 aromatic rings. The Morgan fingerprint density at radius 1 is 0.966 bits per heavy atom. The van der Waals surface area contributed by atoms with E-state index in [1.54, 1.807) is 19.1 Å². The molecule has 0 saturated carbocycles. The molecule has 3 rings (SSSR count). The molecule has 0 aliphatic rings. The number of amides is 2. The molecule has 10 heteroatoms. The third-order valence-corrected chi connectivity index (χ3v) is 4.00. The van der Waals surface area contributed by atoms with Crippen molar-refractivity contribution in [2.45, 2.75) is 13.1 Å². The number of hydrogen-bond acceptors (Lipinski definition) is 4. The van der Waals surface area contributed by atoms with Crippen LogP contribution in [-0.2, 0) is 6.18 Å². The number of carbonyl (C=O) groups is 2. The number of alkyl halides is 3. The SMILES string of the molecule is Cc1ccc(-n2ncc(C(=O)NNC(=O)c3ccccc3O)c2C(F)(F)F)cc1. The third-order valence-electron chi connectivity index (χ3n) is 4.00. The van der Waals surface area contributed by atoms with Crippen LogP contribution in [0.25, 0.3) is 5.69 Å². The molecule has 2 amide bonds. The van der Waals surface area contributed by atoms with Crippen LogP contribution >= 0.6 is 0 Å². The lowest BCUT2D eigenvalue weighted by Gasteiger charge is -2.13. The number of aromatic hydroxyl groups is 1. The van der Waals surface area contributed by atoms with Gasteiger partial charge in [-0.15, -0.1) is 0 Å². The molecule has 0 aliphatic heterocycles. The highest BCUT2D eigenvalue weighted by Gasteiger charge is 2.40. The molecule has 0 saturated heterocycles. The van der Waals surface area contributed by atoms with Crippen molar-refractivity contribution < 1.29 is 27.9 Å². The summed E-state index contributed by atoms with van der Waals surface area (Å²) >= 11 is 0. The molecule has 1 aromatic heterocycles. The van der Waals surface area contributed by atoms with Crippen molar-refractivity contribution in [1.82, 2.24) is 20.6 Å². The van der Waals surface area contributed by atoms with Crippen LogP contribution in [0.4, 0.5) is 13.2 Å². The number of halogens is 3. The highest BCUT2D eigenvalue weighted by Crippen LogP contribution is 2.33. The Kier molecular flexibility index (Phi) is 5.26. The van der Waals surface area contributed by atoms with Gasteiger partial charge in [0, 0.05) is 0 Å². The zero-order valence-corrected chi connectivity index (χ0v) is 15.0. The molecule has 0 atom stereocenters. The van der Waals surface area contributed by atoms with Crippen LogP contribution in [0.15, 0.2) is 54.7 Å². The summed E-state index contributed by atoms with van der Waals surface area (Å²) in [5, 5.41) is 13.3.